The molecule has 2 aliphatic rings. The Labute approximate surface area is 276 Å². The maximum absolute atomic E-state index is 14.7. The molecule has 1 amide bonds. The second kappa shape index (κ2) is 21.2. The third-order valence-corrected chi connectivity index (χ3v) is 7.83. The number of carbonyl (C=O) groups excluding carboxylic acids is 1. The van der Waals surface area contributed by atoms with Crippen LogP contribution in [0.15, 0.2) is 83.8 Å². The van der Waals surface area contributed by atoms with E-state index in [1.54, 1.807) is 0 Å². The van der Waals surface area contributed by atoms with E-state index >= 15 is 0 Å². The molecule has 2 unspecified atom stereocenters. The number of imidazole rings is 1. The van der Waals surface area contributed by atoms with Crippen LogP contribution < -0.4 is 5.32 Å². The first-order valence-electron chi connectivity index (χ1n) is 16.9. The molecule has 46 heavy (non-hydrogen) atoms. The highest BCUT2D eigenvalue weighted by molar-refractivity contribution is 5.72. The van der Waals surface area contributed by atoms with Gasteiger partial charge in [-0.05, 0) is 80.5 Å². The van der Waals surface area contributed by atoms with Crippen LogP contribution >= 0.6 is 0 Å². The van der Waals surface area contributed by atoms with Crippen molar-refractivity contribution in [1.29, 1.82) is 0 Å². The Hall–Kier alpha value is -3.68. The van der Waals surface area contributed by atoms with E-state index in [9.17, 15) is 13.6 Å². The van der Waals surface area contributed by atoms with Crippen molar-refractivity contribution in [2.24, 2.45) is 11.8 Å². The van der Waals surface area contributed by atoms with Gasteiger partial charge in [-0.15, -0.1) is 0 Å². The smallest absolute Gasteiger partial charge is 0.216 e. The monoisotopic (exact) mass is 638 g/mol. The summed E-state index contributed by atoms with van der Waals surface area (Å²) in [7, 11) is 0. The first-order valence-corrected chi connectivity index (χ1v) is 16.9. The molecule has 2 aromatic heterocycles. The van der Waals surface area contributed by atoms with E-state index in [1.165, 1.54) is 18.2 Å². The highest BCUT2D eigenvalue weighted by atomic mass is 19.1. The number of halogens is 2. The molecule has 4 rings (SSSR count). The fourth-order valence-corrected chi connectivity index (χ4v) is 5.38. The van der Waals surface area contributed by atoms with Crippen molar-refractivity contribution in [3.05, 3.63) is 95.1 Å². The number of aromatic nitrogens is 2. The molecule has 0 saturated heterocycles. The van der Waals surface area contributed by atoms with Crippen LogP contribution in [0.2, 0.25) is 0 Å². The molecule has 6 nitrogen and oxygen atoms in total. The van der Waals surface area contributed by atoms with Crippen LogP contribution in [0.25, 0.3) is 5.65 Å². The topological polar surface area (TPSA) is 58.9 Å². The lowest BCUT2D eigenvalue weighted by atomic mass is 9.87. The van der Waals surface area contributed by atoms with Gasteiger partial charge in [0.15, 0.2) is 0 Å². The Morgan fingerprint density at radius 1 is 1.20 bits per heavy atom. The average Bonchev–Trinajstić information content (AvgIpc) is 3.25. The van der Waals surface area contributed by atoms with Crippen molar-refractivity contribution in [2.45, 2.75) is 87.0 Å². The number of nitrogens with zero attached hydrogens (tertiary/aromatic N) is 3. The van der Waals surface area contributed by atoms with Gasteiger partial charge in [-0.2, -0.15) is 0 Å². The molecule has 8 heteroatoms. The zero-order valence-corrected chi connectivity index (χ0v) is 29.1. The zero-order chi connectivity index (χ0) is 33.9. The molecule has 2 atom stereocenters. The number of rotatable bonds is 14. The van der Waals surface area contributed by atoms with E-state index in [4.69, 9.17) is 4.74 Å². The predicted molar refractivity (Wildman–Crippen MR) is 187 cm³/mol. The summed E-state index contributed by atoms with van der Waals surface area (Å²) in [6.45, 7) is 15.8. The molecular weight excluding hydrogens is 582 g/mol. The lowest BCUT2D eigenvalue weighted by molar-refractivity contribution is -0.119. The van der Waals surface area contributed by atoms with Crippen molar-refractivity contribution in [3.8, 4) is 0 Å². The van der Waals surface area contributed by atoms with Gasteiger partial charge < -0.3 is 19.4 Å². The molecule has 2 heterocycles. The Balaban J connectivity index is 0.000000467. The van der Waals surface area contributed by atoms with Gasteiger partial charge in [0.05, 0.1) is 5.69 Å². The van der Waals surface area contributed by atoms with Crippen LogP contribution in [-0.2, 0) is 9.53 Å². The molecular formula is C38H56F2N4O2. The van der Waals surface area contributed by atoms with Gasteiger partial charge in [0.2, 0.25) is 5.91 Å². The van der Waals surface area contributed by atoms with Crippen LogP contribution in [0.1, 0.15) is 84.4 Å². The molecule has 2 aliphatic carbocycles. The van der Waals surface area contributed by atoms with E-state index < -0.39 is 6.67 Å². The number of hydrogen-bond acceptors (Lipinski definition) is 4. The first-order chi connectivity index (χ1) is 22.2. The summed E-state index contributed by atoms with van der Waals surface area (Å²) in [4.78, 5) is 17.8. The summed E-state index contributed by atoms with van der Waals surface area (Å²) < 4.78 is 34.6. The summed E-state index contributed by atoms with van der Waals surface area (Å²) >= 11 is 0. The summed E-state index contributed by atoms with van der Waals surface area (Å²) in [5.41, 5.74) is 5.37. The number of pyridine rings is 1. The summed E-state index contributed by atoms with van der Waals surface area (Å²) in [6.07, 6.45) is 21.3. The number of allylic oxidation sites excluding steroid dienone is 7. The molecule has 0 fully saturated rings. The van der Waals surface area contributed by atoms with Gasteiger partial charge >= 0.3 is 0 Å². The van der Waals surface area contributed by atoms with Gasteiger partial charge in [0.1, 0.15) is 30.5 Å². The third-order valence-electron chi connectivity index (χ3n) is 7.83. The molecule has 2 aromatic rings. The molecule has 0 bridgehead atoms. The molecule has 0 spiro atoms. The van der Waals surface area contributed by atoms with Crippen molar-refractivity contribution < 1.29 is 18.3 Å². The standard InChI is InChI=1S/C27H40F2N2O2.C9H10N2.C2H6/c1-4-5-16-31(24-9-6-10-25(13-12-24)33-18-15-28)17-7-8-21(2)26-14-11-23(19-27(26)29)20-30-22(3)32;1-7-3-4-11-6-8(2)10-9(11)5-7;1-2/h6,10-14,21,23H,4-5,7-9,15-20H2,1-3H3,(H,30,32);3-6H,1-2H3;1-2H3. The normalized spacial score (nSPS) is 16.3. The van der Waals surface area contributed by atoms with Gasteiger partial charge in [-0.3, -0.25) is 4.79 Å². The molecule has 0 radical (unpaired) electrons. The number of amides is 1. The SMILES string of the molecule is CC.CCCCN(CCCC(C)C1=C(F)CC(CNC(C)=O)C=C1)C1=CC=C(OCCF)C=CC1.Cc1ccn2cc(C)nc2c1. The number of hydrogen-bond donors (Lipinski definition) is 1. The molecule has 0 aliphatic heterocycles. The quantitative estimate of drug-likeness (QED) is 0.224. The maximum atomic E-state index is 14.7. The van der Waals surface area contributed by atoms with Gasteiger partial charge in [-0.25, -0.2) is 13.8 Å². The lowest BCUT2D eigenvalue weighted by Crippen LogP contribution is -2.27. The Morgan fingerprint density at radius 3 is 2.65 bits per heavy atom. The fraction of sp³-hybridized carbons (Fsp3) is 0.526. The van der Waals surface area contributed by atoms with E-state index in [0.717, 1.165) is 62.1 Å². The number of carbonyl (C=O) groups is 1. The first kappa shape index (κ1) is 38.5. The second-order valence-electron chi connectivity index (χ2n) is 11.7. The van der Waals surface area contributed by atoms with Crippen LogP contribution in [0.4, 0.5) is 8.78 Å². The number of alkyl halides is 1. The van der Waals surface area contributed by atoms with E-state index in [1.807, 2.05) is 61.9 Å². The Kier molecular flexibility index (Phi) is 17.7. The maximum Gasteiger partial charge on any atom is 0.216 e. The largest absolute Gasteiger partial charge is 0.491 e. The second-order valence-corrected chi connectivity index (χ2v) is 11.7. The number of ether oxygens (including phenoxy) is 1. The van der Waals surface area contributed by atoms with Crippen LogP contribution in [-0.4, -0.2) is 53.1 Å². The van der Waals surface area contributed by atoms with E-state index in [-0.39, 0.29) is 30.2 Å². The molecule has 1 N–H and O–H groups in total. The van der Waals surface area contributed by atoms with E-state index in [0.29, 0.717) is 18.7 Å². The van der Waals surface area contributed by atoms with Crippen molar-refractivity contribution in [1.82, 2.24) is 19.6 Å². The predicted octanol–water partition coefficient (Wildman–Crippen LogP) is 9.13. The average molecular weight is 639 g/mol. The van der Waals surface area contributed by atoms with Gasteiger partial charge in [0.25, 0.3) is 0 Å². The summed E-state index contributed by atoms with van der Waals surface area (Å²) in [6, 6.07) is 4.15. The Bertz CT molecular complexity index is 1370. The lowest BCUT2D eigenvalue weighted by Gasteiger charge is -2.28. The number of aryl methyl sites for hydroxylation is 2. The summed E-state index contributed by atoms with van der Waals surface area (Å²) in [5.74, 6) is 0.731. The zero-order valence-electron chi connectivity index (χ0n) is 29.1. The number of fused-ring (bicyclic) bond motifs is 1. The minimum Gasteiger partial charge on any atom is -0.491 e. The number of unbranched alkanes of at least 4 members (excludes halogenated alkanes) is 1. The highest BCUT2D eigenvalue weighted by Crippen LogP contribution is 2.31. The van der Waals surface area contributed by atoms with E-state index in [2.05, 4.69) is 60.3 Å². The van der Waals surface area contributed by atoms with Gasteiger partial charge in [-0.1, -0.05) is 52.3 Å². The molecule has 254 valence electrons. The summed E-state index contributed by atoms with van der Waals surface area (Å²) in [5, 5.41) is 2.77. The van der Waals surface area contributed by atoms with Crippen molar-refractivity contribution in [2.75, 3.05) is 32.9 Å². The highest BCUT2D eigenvalue weighted by Gasteiger charge is 2.21. The van der Waals surface area contributed by atoms with Crippen LogP contribution in [0.3, 0.4) is 0 Å². The van der Waals surface area contributed by atoms with Crippen LogP contribution in [0.5, 0.6) is 0 Å². The minimum atomic E-state index is -0.495. The molecule has 0 saturated carbocycles. The Morgan fingerprint density at radius 2 is 1.96 bits per heavy atom. The minimum absolute atomic E-state index is 0.0245. The van der Waals surface area contributed by atoms with Crippen LogP contribution in [0, 0.1) is 25.7 Å². The molecule has 0 aromatic carbocycles. The van der Waals surface area contributed by atoms with Crippen molar-refractivity contribution >= 4 is 11.6 Å². The fourth-order valence-electron chi connectivity index (χ4n) is 5.38. The third kappa shape index (κ3) is 13.4. The van der Waals surface area contributed by atoms with Crippen molar-refractivity contribution in [3.63, 3.8) is 0 Å². The van der Waals surface area contributed by atoms with Gasteiger partial charge in [0, 0.05) is 63.4 Å². The number of nitrogens with one attached hydrogen (secondary N) is 1.